The van der Waals surface area contributed by atoms with Crippen molar-refractivity contribution in [3.8, 4) is 5.75 Å². The molecule has 2 N–H and O–H groups in total. The van der Waals surface area contributed by atoms with Gasteiger partial charge >= 0.3 is 6.36 Å². The highest BCUT2D eigenvalue weighted by atomic mass is 19.4. The fourth-order valence-corrected chi connectivity index (χ4v) is 2.02. The van der Waals surface area contributed by atoms with Crippen LogP contribution in [0.4, 0.5) is 13.2 Å². The molecule has 1 aromatic rings. The van der Waals surface area contributed by atoms with Crippen molar-refractivity contribution in [1.29, 1.82) is 0 Å². The number of para-hydroxylation sites is 1. The van der Waals surface area contributed by atoms with E-state index in [0.717, 1.165) is 11.1 Å². The van der Waals surface area contributed by atoms with Gasteiger partial charge in [0, 0.05) is 12.6 Å². The van der Waals surface area contributed by atoms with Gasteiger partial charge in [0.05, 0.1) is 0 Å². The molecule has 9 heteroatoms. The summed E-state index contributed by atoms with van der Waals surface area (Å²) in [5, 5.41) is 14.0. The van der Waals surface area contributed by atoms with Crippen LogP contribution in [0.3, 0.4) is 0 Å². The SMILES string of the molecule is CN1N=C(c2ccccc2OC(F)(F)F)C(C)(NO)C1=O. The van der Waals surface area contributed by atoms with E-state index >= 15 is 0 Å². The van der Waals surface area contributed by atoms with E-state index in [0.29, 0.717) is 0 Å². The first kappa shape index (κ1) is 15.3. The molecular weight excluding hydrogens is 291 g/mol. The monoisotopic (exact) mass is 303 g/mol. The molecule has 1 atom stereocenters. The first-order chi connectivity index (χ1) is 9.69. The maximum absolute atomic E-state index is 12.4. The molecule has 1 heterocycles. The number of nitrogens with one attached hydrogen (secondary N) is 1. The number of carbonyl (C=O) groups excluding carboxylic acids is 1. The van der Waals surface area contributed by atoms with Crippen LogP contribution >= 0.6 is 0 Å². The predicted octanol–water partition coefficient (Wildman–Crippen LogP) is 1.50. The highest BCUT2D eigenvalue weighted by molar-refractivity contribution is 6.23. The van der Waals surface area contributed by atoms with E-state index < -0.39 is 23.6 Å². The summed E-state index contributed by atoms with van der Waals surface area (Å²) in [5.74, 6) is -1.12. The third-order valence-electron chi connectivity index (χ3n) is 3.04. The van der Waals surface area contributed by atoms with Crippen LogP contribution in [-0.4, -0.2) is 40.8 Å². The van der Waals surface area contributed by atoms with Crippen LogP contribution in [0.1, 0.15) is 12.5 Å². The van der Waals surface area contributed by atoms with Crippen LogP contribution in [-0.2, 0) is 4.79 Å². The van der Waals surface area contributed by atoms with Crippen LogP contribution in [0, 0.1) is 0 Å². The van der Waals surface area contributed by atoms with Crippen molar-refractivity contribution >= 4 is 11.6 Å². The molecule has 0 saturated heterocycles. The van der Waals surface area contributed by atoms with Crippen LogP contribution < -0.4 is 10.2 Å². The number of carbonyl (C=O) groups is 1. The maximum Gasteiger partial charge on any atom is 0.573 e. The van der Waals surface area contributed by atoms with Gasteiger partial charge in [0.2, 0.25) is 0 Å². The fourth-order valence-electron chi connectivity index (χ4n) is 2.02. The third kappa shape index (κ3) is 2.69. The van der Waals surface area contributed by atoms with Gasteiger partial charge in [-0.25, -0.2) is 5.01 Å². The van der Waals surface area contributed by atoms with Crippen molar-refractivity contribution in [2.45, 2.75) is 18.8 Å². The maximum atomic E-state index is 12.4. The minimum Gasteiger partial charge on any atom is -0.405 e. The number of ether oxygens (including phenoxy) is 1. The Kier molecular flexibility index (Phi) is 3.64. The highest BCUT2D eigenvalue weighted by Gasteiger charge is 2.48. The Labute approximate surface area is 117 Å². The number of amides is 1. The second kappa shape index (κ2) is 5.01. The molecule has 1 amide bonds. The summed E-state index contributed by atoms with van der Waals surface area (Å²) in [6.07, 6.45) is -4.88. The molecule has 2 rings (SSSR count). The quantitative estimate of drug-likeness (QED) is 0.830. The summed E-state index contributed by atoms with van der Waals surface area (Å²) in [7, 11) is 1.33. The Morgan fingerprint density at radius 2 is 2.00 bits per heavy atom. The molecule has 0 aliphatic carbocycles. The van der Waals surface area contributed by atoms with E-state index in [-0.39, 0.29) is 11.3 Å². The van der Waals surface area contributed by atoms with Crippen LogP contribution in [0.2, 0.25) is 0 Å². The minimum atomic E-state index is -4.88. The molecule has 6 nitrogen and oxygen atoms in total. The second-order valence-electron chi connectivity index (χ2n) is 4.56. The molecule has 1 aromatic carbocycles. The van der Waals surface area contributed by atoms with Gasteiger partial charge in [0.1, 0.15) is 11.5 Å². The molecule has 0 bridgehead atoms. The average molecular weight is 303 g/mol. The van der Waals surface area contributed by atoms with Crippen molar-refractivity contribution in [2.75, 3.05) is 7.05 Å². The number of hydroxylamine groups is 1. The van der Waals surface area contributed by atoms with Gasteiger partial charge in [-0.1, -0.05) is 12.1 Å². The van der Waals surface area contributed by atoms with Gasteiger partial charge < -0.3 is 9.94 Å². The van der Waals surface area contributed by atoms with E-state index in [4.69, 9.17) is 0 Å². The molecule has 0 aromatic heterocycles. The van der Waals surface area contributed by atoms with E-state index in [2.05, 4.69) is 9.84 Å². The number of rotatable bonds is 3. The molecule has 1 aliphatic heterocycles. The standard InChI is InChI=1S/C12H12F3N3O3/c1-11(17-20)9(16-18(2)10(11)19)7-5-3-4-6-8(7)21-12(13,14)15/h3-6,17,20H,1-2H3. The lowest BCUT2D eigenvalue weighted by Gasteiger charge is -2.23. The fraction of sp³-hybridized carbons (Fsp3) is 0.333. The van der Waals surface area contributed by atoms with Crippen LogP contribution in [0.5, 0.6) is 5.75 Å². The molecule has 21 heavy (non-hydrogen) atoms. The summed E-state index contributed by atoms with van der Waals surface area (Å²) in [4.78, 5) is 12.0. The zero-order chi connectivity index (χ0) is 15.8. The Hall–Kier alpha value is -2.13. The van der Waals surface area contributed by atoms with E-state index in [1.165, 1.54) is 32.2 Å². The molecule has 0 fully saturated rings. The first-order valence-electron chi connectivity index (χ1n) is 5.82. The van der Waals surface area contributed by atoms with Gasteiger partial charge in [-0.2, -0.15) is 10.6 Å². The number of alkyl halides is 3. The van der Waals surface area contributed by atoms with Crippen LogP contribution in [0.25, 0.3) is 0 Å². The summed E-state index contributed by atoms with van der Waals surface area (Å²) in [6, 6.07) is 5.25. The summed E-state index contributed by atoms with van der Waals surface area (Å²) >= 11 is 0. The minimum absolute atomic E-state index is 0.0448. The third-order valence-corrected chi connectivity index (χ3v) is 3.04. The van der Waals surface area contributed by atoms with Crippen LogP contribution in [0.15, 0.2) is 29.4 Å². The lowest BCUT2D eigenvalue weighted by Crippen LogP contribution is -2.54. The number of nitrogens with zero attached hydrogens (tertiary/aromatic N) is 2. The van der Waals surface area contributed by atoms with Gasteiger partial charge in [0.25, 0.3) is 5.91 Å². The number of hydrogen-bond donors (Lipinski definition) is 2. The number of hydrazone groups is 1. The highest BCUT2D eigenvalue weighted by Crippen LogP contribution is 2.32. The van der Waals surface area contributed by atoms with Gasteiger partial charge in [-0.15, -0.1) is 13.2 Å². The largest absolute Gasteiger partial charge is 0.573 e. The number of benzene rings is 1. The van der Waals surface area contributed by atoms with Gasteiger partial charge in [0.15, 0.2) is 5.54 Å². The zero-order valence-corrected chi connectivity index (χ0v) is 11.1. The van der Waals surface area contributed by atoms with Crippen molar-refractivity contribution in [2.24, 2.45) is 5.10 Å². The molecule has 1 unspecified atom stereocenters. The molecule has 0 spiro atoms. The van der Waals surface area contributed by atoms with Crippen molar-refractivity contribution in [1.82, 2.24) is 10.5 Å². The van der Waals surface area contributed by atoms with Gasteiger partial charge in [-0.05, 0) is 19.1 Å². The number of hydrogen-bond acceptors (Lipinski definition) is 5. The predicted molar refractivity (Wildman–Crippen MR) is 65.8 cm³/mol. The summed E-state index contributed by atoms with van der Waals surface area (Å²) in [5.41, 5.74) is 0.0306. The number of likely N-dealkylation sites (N-methyl/N-ethyl adjacent to an activating group) is 1. The topological polar surface area (TPSA) is 74.2 Å². The average Bonchev–Trinajstić information content (AvgIpc) is 2.63. The molecule has 0 saturated carbocycles. The Morgan fingerprint density at radius 1 is 1.38 bits per heavy atom. The normalized spacial score (nSPS) is 22.5. The summed E-state index contributed by atoms with van der Waals surface area (Å²) in [6.45, 7) is 1.31. The Balaban J connectivity index is 2.52. The smallest absolute Gasteiger partial charge is 0.405 e. The molecule has 1 aliphatic rings. The number of halogens is 3. The van der Waals surface area contributed by atoms with E-state index in [9.17, 15) is 23.2 Å². The van der Waals surface area contributed by atoms with Crippen molar-refractivity contribution in [3.05, 3.63) is 29.8 Å². The molecule has 0 radical (unpaired) electrons. The van der Waals surface area contributed by atoms with Crippen molar-refractivity contribution < 1.29 is 27.9 Å². The Bertz CT molecular complexity index is 603. The van der Waals surface area contributed by atoms with Gasteiger partial charge in [-0.3, -0.25) is 4.79 Å². The van der Waals surface area contributed by atoms with Crippen molar-refractivity contribution in [3.63, 3.8) is 0 Å². The van der Waals surface area contributed by atoms with E-state index in [1.54, 1.807) is 5.48 Å². The first-order valence-corrected chi connectivity index (χ1v) is 5.82. The zero-order valence-electron chi connectivity index (χ0n) is 11.1. The summed E-state index contributed by atoms with van der Waals surface area (Å²) < 4.78 is 41.2. The lowest BCUT2D eigenvalue weighted by atomic mass is 9.91. The lowest BCUT2D eigenvalue weighted by molar-refractivity contribution is -0.274. The molecule has 114 valence electrons. The van der Waals surface area contributed by atoms with E-state index in [1.807, 2.05) is 0 Å². The second-order valence-corrected chi connectivity index (χ2v) is 4.56. The molecular formula is C12H12F3N3O3. The Morgan fingerprint density at radius 3 is 2.57 bits per heavy atom.